The van der Waals surface area contributed by atoms with Crippen LogP contribution >= 0.6 is 0 Å². The lowest BCUT2D eigenvalue weighted by Gasteiger charge is -2.41. The topological polar surface area (TPSA) is 43.2 Å². The first-order valence-electron chi connectivity index (χ1n) is 27.4. The number of nitrogens with one attached hydrogen (secondary N) is 1. The first-order chi connectivity index (χ1) is 36.5. The summed E-state index contributed by atoms with van der Waals surface area (Å²) in [6.45, 7) is 21.2. The number of anilines is 2. The summed E-state index contributed by atoms with van der Waals surface area (Å²) >= 11 is 0. The molecule has 12 aromatic rings. The van der Waals surface area contributed by atoms with E-state index in [0.717, 1.165) is 87.0 Å². The fourth-order valence-corrected chi connectivity index (χ4v) is 13.9. The van der Waals surface area contributed by atoms with Gasteiger partial charge in [-0.05, 0) is 139 Å². The molecule has 0 spiro atoms. The molecule has 1 N–H and O–H groups in total. The Hall–Kier alpha value is -8.02. The van der Waals surface area contributed by atoms with Crippen molar-refractivity contribution < 1.29 is 8.83 Å². The van der Waals surface area contributed by atoms with Crippen LogP contribution in [0.25, 0.3) is 105 Å². The van der Waals surface area contributed by atoms with Crippen LogP contribution in [0.15, 0.2) is 179 Å². The molecule has 0 saturated carbocycles. The fourth-order valence-electron chi connectivity index (χ4n) is 13.9. The predicted molar refractivity (Wildman–Crippen MR) is 322 cm³/mol. The molecule has 9 aromatic carbocycles. The number of nitrogens with zero attached hydrogens (tertiary/aromatic N) is 1. The third-order valence-electron chi connectivity index (χ3n) is 18.2. The van der Waals surface area contributed by atoms with Crippen molar-refractivity contribution in [1.82, 2.24) is 4.57 Å². The molecule has 0 radical (unpaired) electrons. The van der Waals surface area contributed by atoms with Gasteiger partial charge in [0.25, 0.3) is 0 Å². The van der Waals surface area contributed by atoms with Crippen molar-refractivity contribution in [3.63, 3.8) is 0 Å². The lowest BCUT2D eigenvalue weighted by Crippen LogP contribution is -2.37. The van der Waals surface area contributed by atoms with Crippen molar-refractivity contribution in [2.24, 2.45) is 0 Å². The first kappa shape index (κ1) is 45.4. The second-order valence-electron chi connectivity index (χ2n) is 25.2. The van der Waals surface area contributed by atoms with E-state index in [0.29, 0.717) is 0 Å². The lowest BCUT2D eigenvalue weighted by molar-refractivity contribution is 0.332. The third-order valence-corrected chi connectivity index (χ3v) is 18.2. The van der Waals surface area contributed by atoms with Crippen molar-refractivity contribution in [1.29, 1.82) is 0 Å². The van der Waals surface area contributed by atoms with Crippen molar-refractivity contribution in [3.05, 3.63) is 198 Å². The van der Waals surface area contributed by atoms with Crippen molar-refractivity contribution >= 4 is 84.3 Å². The molecule has 5 heteroatoms. The molecule has 15 rings (SSSR count). The molecule has 0 fully saturated rings. The van der Waals surface area contributed by atoms with Crippen LogP contribution < -0.4 is 16.2 Å². The van der Waals surface area contributed by atoms with E-state index in [-0.39, 0.29) is 21.7 Å². The zero-order chi connectivity index (χ0) is 51.8. The van der Waals surface area contributed by atoms with Crippen LogP contribution in [0.1, 0.15) is 103 Å². The highest BCUT2D eigenvalue weighted by Crippen LogP contribution is 2.53. The molecule has 0 saturated heterocycles. The Morgan fingerprint density at radius 2 is 1.14 bits per heavy atom. The molecule has 3 aromatic heterocycles. The number of hydrogen-bond donors (Lipinski definition) is 1. The zero-order valence-corrected chi connectivity index (χ0v) is 45.1. The summed E-state index contributed by atoms with van der Waals surface area (Å²) in [5.74, 6) is 0.890. The fraction of sp³-hybridized carbons (Fsp3) is 0.211. The first-order valence-corrected chi connectivity index (χ1v) is 27.4. The molecule has 76 heavy (non-hydrogen) atoms. The summed E-state index contributed by atoms with van der Waals surface area (Å²) in [7, 11) is 0.727. The molecule has 3 aliphatic rings. The average molecular weight is 985 g/mol. The van der Waals surface area contributed by atoms with E-state index in [1.807, 2.05) is 0 Å². The van der Waals surface area contributed by atoms with Gasteiger partial charge in [0.1, 0.15) is 22.5 Å². The Morgan fingerprint density at radius 3 is 1.88 bits per heavy atom. The molecule has 1 aliphatic heterocycles. The molecule has 4 heterocycles. The van der Waals surface area contributed by atoms with Gasteiger partial charge in [0.2, 0.25) is 0 Å². The van der Waals surface area contributed by atoms with Gasteiger partial charge in [0.05, 0.1) is 11.2 Å². The van der Waals surface area contributed by atoms with Crippen LogP contribution in [0, 0.1) is 0 Å². The SMILES string of the molecule is CC(C)(C)c1ccc(Nc2cc3oc4cc5c(cc4c3cc2-c2ccc3c4cc6c(cc4n4c3c2Bc2cc3oc(-c7ccccc7)c(-c7ccccc7)c3cc2-4)-c2ccccc2C6(C)C)C(C)(C)CCC5(C)C)cc1. The van der Waals surface area contributed by atoms with Gasteiger partial charge in [-0.2, -0.15) is 0 Å². The van der Waals surface area contributed by atoms with Crippen LogP contribution in [0.4, 0.5) is 11.4 Å². The van der Waals surface area contributed by atoms with Crippen LogP contribution in [0.2, 0.25) is 0 Å². The van der Waals surface area contributed by atoms with E-state index in [2.05, 4.69) is 242 Å². The Kier molecular flexibility index (Phi) is 9.28. The Bertz CT molecular complexity index is 4440. The maximum atomic E-state index is 7.11. The summed E-state index contributed by atoms with van der Waals surface area (Å²) in [4.78, 5) is 0. The van der Waals surface area contributed by atoms with Gasteiger partial charge in [0.15, 0.2) is 7.28 Å². The standard InChI is InChI=1S/C71H61BN2O2/c1-68(2,3)42-24-26-43(27-25-42)73-58-39-63-50(51-34-55-56(37-61(51)75-63)70(6,7)31-30-69(55,4)5)32-48(58)45-28-29-46-49-33-54-47(44-22-16-17-23-53(44)71(54,8)9)35-59(49)74-60-36-52-62(38-57(60)72-65(45)66(46)74)76-67(41-20-14-11-15-21-41)64(52)40-18-12-10-13-19-40/h10-29,32-39,72-73H,30-31H2,1-9H3. The highest BCUT2D eigenvalue weighted by molar-refractivity contribution is 6.73. The molecule has 370 valence electrons. The van der Waals surface area contributed by atoms with Crippen LogP contribution in [0.3, 0.4) is 0 Å². The van der Waals surface area contributed by atoms with E-state index in [9.17, 15) is 0 Å². The van der Waals surface area contributed by atoms with E-state index in [4.69, 9.17) is 8.83 Å². The Labute approximate surface area is 445 Å². The molecule has 0 atom stereocenters. The molecule has 4 nitrogen and oxygen atoms in total. The minimum atomic E-state index is -0.143. The predicted octanol–water partition coefficient (Wildman–Crippen LogP) is 17.8. The van der Waals surface area contributed by atoms with Gasteiger partial charge in [-0.1, -0.05) is 177 Å². The number of rotatable bonds is 5. The Morgan fingerprint density at radius 1 is 0.500 bits per heavy atom. The van der Waals surface area contributed by atoms with Crippen LogP contribution in [-0.2, 0) is 21.7 Å². The highest BCUT2D eigenvalue weighted by Gasteiger charge is 2.40. The van der Waals surface area contributed by atoms with E-state index in [1.165, 1.54) is 88.3 Å². The van der Waals surface area contributed by atoms with Crippen LogP contribution in [0.5, 0.6) is 0 Å². The number of hydrogen-bond acceptors (Lipinski definition) is 3. The molecule has 0 bridgehead atoms. The van der Waals surface area contributed by atoms with Crippen molar-refractivity contribution in [2.45, 2.75) is 96.8 Å². The normalized spacial score (nSPS) is 15.8. The van der Waals surface area contributed by atoms with Gasteiger partial charge < -0.3 is 18.7 Å². The molecule has 2 aliphatic carbocycles. The van der Waals surface area contributed by atoms with Gasteiger partial charge in [0, 0.05) is 72.0 Å². The monoisotopic (exact) mass is 984 g/mol. The minimum Gasteiger partial charge on any atom is -0.456 e. The largest absolute Gasteiger partial charge is 0.456 e. The van der Waals surface area contributed by atoms with Gasteiger partial charge >= 0.3 is 0 Å². The van der Waals surface area contributed by atoms with Crippen LogP contribution in [-0.4, -0.2) is 11.8 Å². The molecule has 0 unspecified atom stereocenters. The van der Waals surface area contributed by atoms with Gasteiger partial charge in [-0.3, -0.25) is 0 Å². The van der Waals surface area contributed by atoms with E-state index < -0.39 is 0 Å². The Balaban J connectivity index is 1.03. The summed E-state index contributed by atoms with van der Waals surface area (Å²) in [5, 5.41) is 9.96. The number of benzene rings is 9. The summed E-state index contributed by atoms with van der Waals surface area (Å²) < 4.78 is 16.7. The highest BCUT2D eigenvalue weighted by atomic mass is 16.3. The van der Waals surface area contributed by atoms with E-state index >= 15 is 0 Å². The number of fused-ring (bicyclic) bond motifs is 13. The molecule has 0 amide bonds. The van der Waals surface area contributed by atoms with Crippen molar-refractivity contribution in [3.8, 4) is 50.4 Å². The maximum Gasteiger partial charge on any atom is 0.198 e. The summed E-state index contributed by atoms with van der Waals surface area (Å²) in [5.41, 5.74) is 26.3. The van der Waals surface area contributed by atoms with E-state index in [1.54, 1.807) is 0 Å². The molecular formula is C71H61BN2O2. The van der Waals surface area contributed by atoms with Crippen molar-refractivity contribution in [2.75, 3.05) is 5.32 Å². The van der Waals surface area contributed by atoms with Gasteiger partial charge in [-0.25, -0.2) is 0 Å². The maximum absolute atomic E-state index is 7.11. The lowest BCUT2D eigenvalue weighted by atomic mass is 9.59. The van der Waals surface area contributed by atoms with Gasteiger partial charge in [-0.15, -0.1) is 0 Å². The zero-order valence-electron chi connectivity index (χ0n) is 45.1. The number of furan rings is 2. The average Bonchev–Trinajstić information content (AvgIpc) is 4.30. The second kappa shape index (κ2) is 15.5. The summed E-state index contributed by atoms with van der Waals surface area (Å²) in [6, 6.07) is 63.6. The summed E-state index contributed by atoms with van der Waals surface area (Å²) in [6.07, 6.45) is 2.30. The number of aromatic nitrogens is 1. The minimum absolute atomic E-state index is 0.0404. The third kappa shape index (κ3) is 6.50. The quantitative estimate of drug-likeness (QED) is 0.175. The smallest absolute Gasteiger partial charge is 0.198 e. The second-order valence-corrected chi connectivity index (χ2v) is 25.2. The molecular weight excluding hydrogens is 924 g/mol.